The lowest BCUT2D eigenvalue weighted by Gasteiger charge is -2.59. The van der Waals surface area contributed by atoms with Crippen LogP contribution in [0.15, 0.2) is 0 Å². The summed E-state index contributed by atoms with van der Waals surface area (Å²) in [6.07, 6.45) is 10.4. The predicted molar refractivity (Wildman–Crippen MR) is 181 cm³/mol. The lowest BCUT2D eigenvalue weighted by Crippen LogP contribution is -2.58. The molecule has 6 bridgehead atoms. The van der Waals surface area contributed by atoms with Crippen molar-refractivity contribution in [3.63, 3.8) is 0 Å². The van der Waals surface area contributed by atoms with Crippen LogP contribution < -0.4 is 0 Å². The van der Waals surface area contributed by atoms with Crippen LogP contribution in [-0.2, 0) is 38.1 Å². The van der Waals surface area contributed by atoms with Crippen LogP contribution in [0.2, 0.25) is 0 Å². The van der Waals surface area contributed by atoms with E-state index >= 15 is 0 Å². The molecule has 7 rings (SSSR count). The molecule has 0 amide bonds. The van der Waals surface area contributed by atoms with Gasteiger partial charge in [0.15, 0.2) is 0 Å². The molecule has 9 nitrogen and oxygen atoms in total. The first-order chi connectivity index (χ1) is 22.3. The monoisotopic (exact) mass is 676 g/mol. The molecule has 9 heteroatoms. The van der Waals surface area contributed by atoms with E-state index < -0.39 is 10.8 Å². The Morgan fingerprint density at radius 2 is 1.27 bits per heavy atom. The first kappa shape index (κ1) is 38.6. The van der Waals surface area contributed by atoms with Gasteiger partial charge in [0.25, 0.3) is 0 Å². The van der Waals surface area contributed by atoms with E-state index in [2.05, 4.69) is 13.8 Å². The summed E-state index contributed by atoms with van der Waals surface area (Å²) in [6.45, 7) is 19.7. The standard InChI is InChI=1S/C17H28O2.C14H20O4.C8H16O3/c1-5-16(2,3)15(18)19-17(4)13-7-11-6-12(9-13)10-14(17)8-11;1-4-14(2,3)13(16)18-10-7-5-8-9(6-7)12(15)17-11(8)10;1-4-8(2,3)7(10)11-6-5-9/h11-14H,5-10H2,1-4H3;7-11H,4-6H2,1-3H3;9H,4-6H2,1-3H3. The van der Waals surface area contributed by atoms with Gasteiger partial charge in [-0.05, 0) is 136 Å². The third-order valence-electron chi connectivity index (χ3n) is 13.4. The van der Waals surface area contributed by atoms with Crippen molar-refractivity contribution in [2.24, 2.45) is 57.7 Å². The summed E-state index contributed by atoms with van der Waals surface area (Å²) in [6, 6.07) is 0. The van der Waals surface area contributed by atoms with Crippen molar-refractivity contribution >= 4 is 23.9 Å². The second-order valence-electron chi connectivity index (χ2n) is 17.7. The first-order valence-corrected chi connectivity index (χ1v) is 18.8. The number of carbonyl (C=O) groups is 4. The van der Waals surface area contributed by atoms with E-state index in [0.717, 1.165) is 43.9 Å². The van der Waals surface area contributed by atoms with Crippen LogP contribution in [0.5, 0.6) is 0 Å². The highest BCUT2D eigenvalue weighted by Gasteiger charge is 2.63. The van der Waals surface area contributed by atoms with Gasteiger partial charge in [0.1, 0.15) is 24.4 Å². The van der Waals surface area contributed by atoms with Gasteiger partial charge in [-0.3, -0.25) is 19.2 Å². The molecule has 0 radical (unpaired) electrons. The van der Waals surface area contributed by atoms with Crippen LogP contribution in [0.4, 0.5) is 0 Å². The number of aliphatic hydroxyl groups excluding tert-OH is 1. The molecule has 0 aromatic carbocycles. The minimum absolute atomic E-state index is 0.0185. The van der Waals surface area contributed by atoms with E-state index in [4.69, 9.17) is 24.1 Å². The molecular formula is C39H64O9. The van der Waals surface area contributed by atoms with Gasteiger partial charge in [0.05, 0.1) is 28.8 Å². The Labute approximate surface area is 288 Å². The number of hydrogen-bond acceptors (Lipinski definition) is 9. The highest BCUT2D eigenvalue weighted by atomic mass is 16.6. The average Bonchev–Trinajstić information content (AvgIpc) is 3.68. The summed E-state index contributed by atoms with van der Waals surface area (Å²) in [7, 11) is 0. The zero-order chi connectivity index (χ0) is 35.8. The number of fused-ring (bicyclic) bond motifs is 1. The van der Waals surface area contributed by atoms with Gasteiger partial charge in [0, 0.05) is 11.8 Å². The smallest absolute Gasteiger partial charge is 0.312 e. The lowest BCUT2D eigenvalue weighted by molar-refractivity contribution is -0.211. The van der Waals surface area contributed by atoms with Crippen molar-refractivity contribution in [1.29, 1.82) is 0 Å². The molecule has 1 saturated heterocycles. The zero-order valence-electron chi connectivity index (χ0n) is 31.4. The fourth-order valence-corrected chi connectivity index (χ4v) is 8.74. The van der Waals surface area contributed by atoms with Crippen LogP contribution in [0.3, 0.4) is 0 Å². The number of esters is 4. The highest BCUT2D eigenvalue weighted by Crippen LogP contribution is 2.60. The molecule has 1 heterocycles. The summed E-state index contributed by atoms with van der Waals surface area (Å²) in [4.78, 5) is 47.3. The van der Waals surface area contributed by atoms with Crippen LogP contribution in [-0.4, -0.2) is 60.0 Å². The molecule has 6 aliphatic carbocycles. The summed E-state index contributed by atoms with van der Waals surface area (Å²) < 4.78 is 21.9. The van der Waals surface area contributed by atoms with Gasteiger partial charge >= 0.3 is 23.9 Å². The predicted octanol–water partition coefficient (Wildman–Crippen LogP) is 7.05. The summed E-state index contributed by atoms with van der Waals surface area (Å²) in [5.41, 5.74) is -1.38. The third kappa shape index (κ3) is 7.76. The van der Waals surface area contributed by atoms with Crippen molar-refractivity contribution in [1.82, 2.24) is 0 Å². The van der Waals surface area contributed by atoms with Crippen LogP contribution >= 0.6 is 0 Å². The molecular weight excluding hydrogens is 612 g/mol. The van der Waals surface area contributed by atoms with E-state index in [-0.39, 0.29) is 66.2 Å². The second kappa shape index (κ2) is 14.6. The summed E-state index contributed by atoms with van der Waals surface area (Å²) in [5, 5.41) is 8.38. The largest absolute Gasteiger partial charge is 0.463 e. The van der Waals surface area contributed by atoms with Crippen molar-refractivity contribution in [2.45, 2.75) is 151 Å². The minimum atomic E-state index is -0.455. The van der Waals surface area contributed by atoms with Gasteiger partial charge in [-0.15, -0.1) is 0 Å². The molecule has 5 unspecified atom stereocenters. The number of aliphatic hydroxyl groups is 1. The van der Waals surface area contributed by atoms with Crippen LogP contribution in [0.25, 0.3) is 0 Å². The summed E-state index contributed by atoms with van der Waals surface area (Å²) in [5.74, 6) is 3.33. The molecule has 274 valence electrons. The molecule has 5 atom stereocenters. The Morgan fingerprint density at radius 3 is 1.77 bits per heavy atom. The topological polar surface area (TPSA) is 125 Å². The van der Waals surface area contributed by atoms with E-state index in [1.54, 1.807) is 0 Å². The molecule has 7 fully saturated rings. The van der Waals surface area contributed by atoms with Crippen LogP contribution in [0, 0.1) is 57.7 Å². The van der Waals surface area contributed by atoms with Crippen molar-refractivity contribution in [2.75, 3.05) is 13.2 Å². The zero-order valence-corrected chi connectivity index (χ0v) is 31.4. The molecule has 0 aromatic rings. The Hall–Kier alpha value is -2.16. The molecule has 0 aromatic heterocycles. The van der Waals surface area contributed by atoms with Crippen molar-refractivity contribution < 1.29 is 43.2 Å². The van der Waals surface area contributed by atoms with Crippen molar-refractivity contribution in [3.8, 4) is 0 Å². The average molecular weight is 677 g/mol. The fourth-order valence-electron chi connectivity index (χ4n) is 8.74. The Balaban J connectivity index is 0.000000169. The quantitative estimate of drug-likeness (QED) is 0.191. The first-order valence-electron chi connectivity index (χ1n) is 18.8. The fraction of sp³-hybridized carbons (Fsp3) is 0.897. The molecule has 1 N–H and O–H groups in total. The van der Waals surface area contributed by atoms with E-state index in [9.17, 15) is 19.2 Å². The SMILES string of the molecule is CCC(C)(C)C(=O)OC1(C)C2CC3CC(C2)CC1C3.CCC(C)(C)C(=O)OC1C2CC3C(=O)OC1C3C2.CCC(C)(C)C(=O)OCCO. The molecule has 0 spiro atoms. The van der Waals surface area contributed by atoms with Gasteiger partial charge in [-0.25, -0.2) is 0 Å². The maximum atomic E-state index is 12.5. The summed E-state index contributed by atoms with van der Waals surface area (Å²) >= 11 is 0. The van der Waals surface area contributed by atoms with Gasteiger partial charge in [0.2, 0.25) is 0 Å². The number of carbonyl (C=O) groups excluding carboxylic acids is 4. The molecule has 48 heavy (non-hydrogen) atoms. The van der Waals surface area contributed by atoms with Gasteiger partial charge < -0.3 is 24.1 Å². The Kier molecular flexibility index (Phi) is 11.7. The second-order valence-corrected chi connectivity index (χ2v) is 17.7. The van der Waals surface area contributed by atoms with E-state index in [1.807, 2.05) is 55.4 Å². The van der Waals surface area contributed by atoms with Gasteiger partial charge in [-0.1, -0.05) is 20.8 Å². The maximum Gasteiger partial charge on any atom is 0.312 e. The van der Waals surface area contributed by atoms with E-state index in [0.29, 0.717) is 23.7 Å². The number of ether oxygens (including phenoxy) is 4. The third-order valence-corrected chi connectivity index (χ3v) is 13.4. The number of rotatable bonds is 10. The Bertz CT molecular complexity index is 1160. The van der Waals surface area contributed by atoms with Crippen LogP contribution in [0.1, 0.15) is 133 Å². The molecule has 1 aliphatic heterocycles. The molecule has 7 aliphatic rings. The van der Waals surface area contributed by atoms with Crippen molar-refractivity contribution in [3.05, 3.63) is 0 Å². The highest BCUT2D eigenvalue weighted by molar-refractivity contribution is 5.78. The normalized spacial score (nSPS) is 35.6. The van der Waals surface area contributed by atoms with Gasteiger partial charge in [-0.2, -0.15) is 0 Å². The Morgan fingerprint density at radius 1 is 0.771 bits per heavy atom. The minimum Gasteiger partial charge on any atom is -0.463 e. The maximum absolute atomic E-state index is 12.5. The molecule has 6 saturated carbocycles. The lowest BCUT2D eigenvalue weighted by atomic mass is 9.50. The number of hydrogen-bond donors (Lipinski definition) is 1. The van der Waals surface area contributed by atoms with E-state index in [1.165, 1.54) is 32.1 Å².